The van der Waals surface area contributed by atoms with Gasteiger partial charge in [0.1, 0.15) is 0 Å². The van der Waals surface area contributed by atoms with E-state index in [2.05, 4.69) is 10.2 Å². The lowest BCUT2D eigenvalue weighted by Crippen LogP contribution is -2.38. The zero-order valence-electron chi connectivity index (χ0n) is 11.1. The smallest absolute Gasteiger partial charge is 0.238 e. The zero-order chi connectivity index (χ0) is 13.7. The number of amides is 1. The van der Waals surface area contributed by atoms with Crippen LogP contribution < -0.4 is 5.32 Å². The highest BCUT2D eigenvalue weighted by Gasteiger charge is 2.25. The molecule has 4 nitrogen and oxygen atoms in total. The molecule has 1 amide bonds. The third kappa shape index (κ3) is 3.72. The Bertz CT molecular complexity index is 439. The Kier molecular flexibility index (Phi) is 5.24. The molecule has 0 radical (unpaired) electrons. The van der Waals surface area contributed by atoms with Gasteiger partial charge in [-0.15, -0.1) is 11.8 Å². The molecule has 0 spiro atoms. The van der Waals surface area contributed by atoms with Gasteiger partial charge < -0.3 is 10.4 Å². The summed E-state index contributed by atoms with van der Waals surface area (Å²) in [5, 5.41) is 12.2. The molecular formula is C14H20N2O2S. The van der Waals surface area contributed by atoms with E-state index < -0.39 is 0 Å². The Balaban J connectivity index is 1.94. The molecule has 104 valence electrons. The molecule has 1 aliphatic rings. The van der Waals surface area contributed by atoms with Crippen LogP contribution in [0.3, 0.4) is 0 Å². The minimum absolute atomic E-state index is 0.0122. The molecule has 0 saturated carbocycles. The monoisotopic (exact) mass is 280 g/mol. The molecule has 1 fully saturated rings. The maximum absolute atomic E-state index is 12.1. The first kappa shape index (κ1) is 14.4. The maximum atomic E-state index is 12.1. The van der Waals surface area contributed by atoms with Crippen molar-refractivity contribution in [3.05, 3.63) is 24.3 Å². The minimum atomic E-state index is -0.0122. The number of para-hydroxylation sites is 1. The number of hydrogen-bond donors (Lipinski definition) is 2. The van der Waals surface area contributed by atoms with Crippen LogP contribution in [0.4, 0.5) is 5.69 Å². The van der Waals surface area contributed by atoms with Gasteiger partial charge >= 0.3 is 0 Å². The fourth-order valence-corrected chi connectivity index (χ4v) is 2.99. The molecule has 19 heavy (non-hydrogen) atoms. The van der Waals surface area contributed by atoms with Crippen molar-refractivity contribution in [3.8, 4) is 0 Å². The van der Waals surface area contributed by atoms with E-state index >= 15 is 0 Å². The number of aliphatic hydroxyl groups excluding tert-OH is 1. The molecule has 2 N–H and O–H groups in total. The van der Waals surface area contributed by atoms with Crippen molar-refractivity contribution < 1.29 is 9.90 Å². The van der Waals surface area contributed by atoms with E-state index in [0.29, 0.717) is 6.54 Å². The fraction of sp³-hybridized carbons (Fsp3) is 0.500. The van der Waals surface area contributed by atoms with Gasteiger partial charge in [-0.3, -0.25) is 9.69 Å². The number of carbonyl (C=O) groups is 1. The normalized spacial score (nSPS) is 19.6. The van der Waals surface area contributed by atoms with Crippen LogP contribution in [0.1, 0.15) is 12.8 Å². The number of carbonyl (C=O) groups excluding carboxylic acids is 1. The van der Waals surface area contributed by atoms with Crippen LogP contribution >= 0.6 is 11.8 Å². The lowest BCUT2D eigenvalue weighted by molar-refractivity contribution is -0.117. The predicted octanol–water partition coefficient (Wildman–Crippen LogP) is 1.80. The van der Waals surface area contributed by atoms with E-state index in [1.165, 1.54) is 0 Å². The van der Waals surface area contributed by atoms with E-state index in [1.807, 2.05) is 30.5 Å². The second kappa shape index (κ2) is 6.93. The summed E-state index contributed by atoms with van der Waals surface area (Å²) in [4.78, 5) is 15.2. The Morgan fingerprint density at radius 3 is 3.05 bits per heavy atom. The largest absolute Gasteiger partial charge is 0.395 e. The molecule has 1 aromatic carbocycles. The highest BCUT2D eigenvalue weighted by Crippen LogP contribution is 2.24. The second-order valence-corrected chi connectivity index (χ2v) is 5.55. The Labute approximate surface area is 118 Å². The first-order chi connectivity index (χ1) is 9.24. The van der Waals surface area contributed by atoms with Gasteiger partial charge in [0.2, 0.25) is 5.91 Å². The number of anilines is 1. The molecule has 5 heteroatoms. The van der Waals surface area contributed by atoms with Crippen LogP contribution in [0, 0.1) is 0 Å². The predicted molar refractivity (Wildman–Crippen MR) is 78.5 cm³/mol. The molecule has 0 unspecified atom stereocenters. The van der Waals surface area contributed by atoms with Crippen LogP contribution in [0.15, 0.2) is 29.2 Å². The van der Waals surface area contributed by atoms with Gasteiger partial charge in [-0.2, -0.15) is 0 Å². The van der Waals surface area contributed by atoms with Crippen molar-refractivity contribution >= 4 is 23.4 Å². The molecule has 0 aromatic heterocycles. The van der Waals surface area contributed by atoms with Crippen LogP contribution in [-0.2, 0) is 4.79 Å². The molecule has 2 rings (SSSR count). The maximum Gasteiger partial charge on any atom is 0.238 e. The van der Waals surface area contributed by atoms with Crippen LogP contribution in [0.25, 0.3) is 0 Å². The number of nitrogens with zero attached hydrogens (tertiary/aromatic N) is 1. The number of nitrogens with one attached hydrogen (secondary N) is 1. The van der Waals surface area contributed by atoms with E-state index in [0.717, 1.165) is 30.0 Å². The summed E-state index contributed by atoms with van der Waals surface area (Å²) in [5.74, 6) is -0.0122. The molecular weight excluding hydrogens is 260 g/mol. The minimum Gasteiger partial charge on any atom is -0.395 e. The van der Waals surface area contributed by atoms with Crippen molar-refractivity contribution in [2.75, 3.05) is 31.3 Å². The third-order valence-corrected chi connectivity index (χ3v) is 4.23. The van der Waals surface area contributed by atoms with Crippen molar-refractivity contribution in [1.82, 2.24) is 4.90 Å². The highest BCUT2D eigenvalue weighted by atomic mass is 32.2. The summed E-state index contributed by atoms with van der Waals surface area (Å²) >= 11 is 1.62. The molecule has 1 saturated heterocycles. The summed E-state index contributed by atoms with van der Waals surface area (Å²) in [6, 6.07) is 7.93. The van der Waals surface area contributed by atoms with Gasteiger partial charge in [0.05, 0.1) is 18.8 Å². The molecule has 0 bridgehead atoms. The Morgan fingerprint density at radius 2 is 2.32 bits per heavy atom. The average Bonchev–Trinajstić information content (AvgIpc) is 2.86. The van der Waals surface area contributed by atoms with Crippen molar-refractivity contribution in [3.63, 3.8) is 0 Å². The Morgan fingerprint density at radius 1 is 1.53 bits per heavy atom. The van der Waals surface area contributed by atoms with Crippen LogP contribution in [-0.4, -0.2) is 47.9 Å². The zero-order valence-corrected chi connectivity index (χ0v) is 11.9. The summed E-state index contributed by atoms with van der Waals surface area (Å²) in [7, 11) is 0. The summed E-state index contributed by atoms with van der Waals surface area (Å²) in [5.41, 5.74) is 0.861. The van der Waals surface area contributed by atoms with Crippen LogP contribution in [0.5, 0.6) is 0 Å². The topological polar surface area (TPSA) is 52.6 Å². The van der Waals surface area contributed by atoms with Gasteiger partial charge in [0, 0.05) is 10.9 Å². The first-order valence-corrected chi connectivity index (χ1v) is 7.75. The van der Waals surface area contributed by atoms with E-state index in [1.54, 1.807) is 11.8 Å². The lowest BCUT2D eigenvalue weighted by atomic mass is 10.2. The van der Waals surface area contributed by atoms with E-state index in [4.69, 9.17) is 0 Å². The van der Waals surface area contributed by atoms with Gasteiger partial charge in [0.25, 0.3) is 0 Å². The third-order valence-electron chi connectivity index (χ3n) is 3.44. The lowest BCUT2D eigenvalue weighted by Gasteiger charge is -2.22. The first-order valence-electron chi connectivity index (χ1n) is 6.52. The molecule has 0 aliphatic carbocycles. The standard InChI is InChI=1S/C14H20N2O2S/c1-19-13-7-3-2-6-12(13)15-14(18)9-16-8-4-5-11(16)10-17/h2-3,6-7,11,17H,4-5,8-10H2,1H3,(H,15,18)/t11-/m0/s1. The summed E-state index contributed by atoms with van der Waals surface area (Å²) in [6.07, 6.45) is 4.03. The number of aliphatic hydroxyl groups is 1. The SMILES string of the molecule is CSc1ccccc1NC(=O)CN1CCC[C@H]1CO. The summed E-state index contributed by atoms with van der Waals surface area (Å²) < 4.78 is 0. The number of rotatable bonds is 5. The molecule has 1 aliphatic heterocycles. The van der Waals surface area contributed by atoms with E-state index in [-0.39, 0.29) is 18.6 Å². The second-order valence-electron chi connectivity index (χ2n) is 4.70. The average molecular weight is 280 g/mol. The number of thioether (sulfide) groups is 1. The number of hydrogen-bond acceptors (Lipinski definition) is 4. The van der Waals surface area contributed by atoms with Crippen molar-refractivity contribution in [2.45, 2.75) is 23.8 Å². The molecule has 1 heterocycles. The highest BCUT2D eigenvalue weighted by molar-refractivity contribution is 7.98. The van der Waals surface area contributed by atoms with Gasteiger partial charge in [-0.05, 0) is 37.8 Å². The number of likely N-dealkylation sites (tertiary alicyclic amines) is 1. The molecule has 1 atom stereocenters. The summed E-state index contributed by atoms with van der Waals surface area (Å²) in [6.45, 7) is 1.38. The van der Waals surface area contributed by atoms with Gasteiger partial charge in [-0.1, -0.05) is 12.1 Å². The quantitative estimate of drug-likeness (QED) is 0.808. The number of benzene rings is 1. The van der Waals surface area contributed by atoms with Gasteiger partial charge in [-0.25, -0.2) is 0 Å². The molecule has 1 aromatic rings. The van der Waals surface area contributed by atoms with Crippen LogP contribution in [0.2, 0.25) is 0 Å². The van der Waals surface area contributed by atoms with E-state index in [9.17, 15) is 9.90 Å². The Hall–Kier alpha value is -1.04. The van der Waals surface area contributed by atoms with Gasteiger partial charge in [0.15, 0.2) is 0 Å². The van der Waals surface area contributed by atoms with Crippen molar-refractivity contribution in [1.29, 1.82) is 0 Å². The fourth-order valence-electron chi connectivity index (χ4n) is 2.43. The van der Waals surface area contributed by atoms with Crippen molar-refractivity contribution in [2.24, 2.45) is 0 Å².